The first-order valence-corrected chi connectivity index (χ1v) is 10.7. The highest BCUT2D eigenvalue weighted by atomic mass is 32.2. The average Bonchev–Trinajstić information content (AvgIpc) is 3.00. The van der Waals surface area contributed by atoms with E-state index in [9.17, 15) is 9.59 Å². The minimum absolute atomic E-state index is 0.251. The Morgan fingerprint density at radius 1 is 0.828 bits per heavy atom. The quantitative estimate of drug-likeness (QED) is 0.392. The molecule has 0 aliphatic carbocycles. The smallest absolute Gasteiger partial charge is 0.261 e. The standard InChI is InChI=1S/C22H25NO5S/c1-26-18-8-6-17(7-9-18)16-29-15-14-28-13-12-27-11-10-23-21(24)19-4-2-3-5-20(19)22(23)25/h2-9H,10-16H2,1H3. The van der Waals surface area contributed by atoms with Gasteiger partial charge in [-0.25, -0.2) is 0 Å². The summed E-state index contributed by atoms with van der Waals surface area (Å²) in [6, 6.07) is 14.9. The van der Waals surface area contributed by atoms with Gasteiger partial charge >= 0.3 is 0 Å². The van der Waals surface area contributed by atoms with Crippen molar-refractivity contribution in [2.24, 2.45) is 0 Å². The molecule has 2 aromatic carbocycles. The minimum Gasteiger partial charge on any atom is -0.497 e. The van der Waals surface area contributed by atoms with Gasteiger partial charge in [-0.1, -0.05) is 24.3 Å². The highest BCUT2D eigenvalue weighted by Gasteiger charge is 2.34. The average molecular weight is 416 g/mol. The highest BCUT2D eigenvalue weighted by Crippen LogP contribution is 2.22. The molecule has 6 nitrogen and oxygen atoms in total. The molecule has 0 atom stereocenters. The number of methoxy groups -OCH3 is 1. The molecule has 0 fully saturated rings. The van der Waals surface area contributed by atoms with Gasteiger partial charge in [-0.3, -0.25) is 14.5 Å². The van der Waals surface area contributed by atoms with Crippen LogP contribution < -0.4 is 4.74 Å². The Morgan fingerprint density at radius 3 is 2.07 bits per heavy atom. The van der Waals surface area contributed by atoms with Gasteiger partial charge in [0.2, 0.25) is 0 Å². The van der Waals surface area contributed by atoms with Crippen molar-refractivity contribution in [2.45, 2.75) is 5.75 Å². The number of carbonyl (C=O) groups is 2. The second-order valence-corrected chi connectivity index (χ2v) is 7.54. The third kappa shape index (κ3) is 5.82. The fourth-order valence-corrected chi connectivity index (χ4v) is 3.76. The molecule has 1 aliphatic rings. The number of thioether (sulfide) groups is 1. The van der Waals surface area contributed by atoms with Crippen molar-refractivity contribution >= 4 is 23.6 Å². The van der Waals surface area contributed by atoms with E-state index in [-0.39, 0.29) is 18.4 Å². The molecular formula is C22H25NO5S. The summed E-state index contributed by atoms with van der Waals surface area (Å²) in [5.41, 5.74) is 2.19. The van der Waals surface area contributed by atoms with Gasteiger partial charge in [0.15, 0.2) is 0 Å². The van der Waals surface area contributed by atoms with Crippen LogP contribution in [0.4, 0.5) is 0 Å². The van der Waals surface area contributed by atoms with Crippen molar-refractivity contribution in [3.8, 4) is 5.75 Å². The van der Waals surface area contributed by atoms with Crippen LogP contribution in [-0.4, -0.2) is 62.5 Å². The lowest BCUT2D eigenvalue weighted by atomic mass is 10.1. The minimum atomic E-state index is -0.251. The number of hydrogen-bond acceptors (Lipinski definition) is 6. The topological polar surface area (TPSA) is 65.1 Å². The van der Waals surface area contributed by atoms with E-state index in [1.807, 2.05) is 23.9 Å². The number of imide groups is 1. The zero-order valence-electron chi connectivity index (χ0n) is 16.5. The van der Waals surface area contributed by atoms with E-state index in [0.29, 0.717) is 37.6 Å². The summed E-state index contributed by atoms with van der Waals surface area (Å²) >= 11 is 1.81. The van der Waals surface area contributed by atoms with Gasteiger partial charge in [-0.2, -0.15) is 11.8 Å². The van der Waals surface area contributed by atoms with Crippen LogP contribution in [0.25, 0.3) is 0 Å². The maximum atomic E-state index is 12.2. The normalized spacial score (nSPS) is 13.1. The van der Waals surface area contributed by atoms with E-state index in [2.05, 4.69) is 12.1 Å². The molecule has 0 spiro atoms. The Bertz CT molecular complexity index is 789. The predicted molar refractivity (Wildman–Crippen MR) is 113 cm³/mol. The fourth-order valence-electron chi connectivity index (χ4n) is 2.95. The molecule has 1 aliphatic heterocycles. The molecule has 0 radical (unpaired) electrons. The molecule has 0 aromatic heterocycles. The fraction of sp³-hybridized carbons (Fsp3) is 0.364. The van der Waals surface area contributed by atoms with E-state index in [0.717, 1.165) is 17.3 Å². The van der Waals surface area contributed by atoms with Crippen molar-refractivity contribution in [3.05, 3.63) is 65.2 Å². The predicted octanol–water partition coefficient (Wildman–Crippen LogP) is 3.26. The zero-order chi connectivity index (χ0) is 20.5. The van der Waals surface area contributed by atoms with Crippen LogP contribution in [0.3, 0.4) is 0 Å². The Labute approximate surface area is 175 Å². The number of rotatable bonds is 12. The molecule has 2 amide bonds. The lowest BCUT2D eigenvalue weighted by molar-refractivity contribution is 0.0389. The van der Waals surface area contributed by atoms with Gasteiger partial charge in [-0.15, -0.1) is 0 Å². The molecule has 3 rings (SSSR count). The third-order valence-corrected chi connectivity index (χ3v) is 5.50. The van der Waals surface area contributed by atoms with Crippen LogP contribution in [0.15, 0.2) is 48.5 Å². The van der Waals surface area contributed by atoms with Gasteiger partial charge < -0.3 is 14.2 Å². The first kappa shape index (κ1) is 21.4. The number of ether oxygens (including phenoxy) is 3. The monoisotopic (exact) mass is 415 g/mol. The highest BCUT2D eigenvalue weighted by molar-refractivity contribution is 7.98. The lowest BCUT2D eigenvalue weighted by Crippen LogP contribution is -2.33. The summed E-state index contributed by atoms with van der Waals surface area (Å²) in [5.74, 6) is 2.20. The van der Waals surface area contributed by atoms with Gasteiger partial charge in [0.05, 0.1) is 51.2 Å². The molecule has 1 heterocycles. The maximum absolute atomic E-state index is 12.2. The van der Waals surface area contributed by atoms with Crippen LogP contribution >= 0.6 is 11.8 Å². The summed E-state index contributed by atoms with van der Waals surface area (Å²) in [6.45, 7) is 2.14. The number of carbonyl (C=O) groups excluding carboxylic acids is 2. The second kappa shape index (κ2) is 11.0. The molecule has 2 aromatic rings. The maximum Gasteiger partial charge on any atom is 0.261 e. The van der Waals surface area contributed by atoms with E-state index in [1.165, 1.54) is 10.5 Å². The first-order valence-electron chi connectivity index (χ1n) is 9.52. The van der Waals surface area contributed by atoms with Crippen LogP contribution in [0, 0.1) is 0 Å². The van der Waals surface area contributed by atoms with Gasteiger partial charge in [-0.05, 0) is 29.8 Å². The van der Waals surface area contributed by atoms with Crippen LogP contribution in [0.5, 0.6) is 5.75 Å². The van der Waals surface area contributed by atoms with Crippen LogP contribution in [0.2, 0.25) is 0 Å². The molecular weight excluding hydrogens is 390 g/mol. The van der Waals surface area contributed by atoms with E-state index in [1.54, 1.807) is 31.4 Å². The van der Waals surface area contributed by atoms with Crippen LogP contribution in [-0.2, 0) is 15.2 Å². The molecule has 0 saturated heterocycles. The Hall–Kier alpha value is -2.35. The number of amides is 2. The number of hydrogen-bond donors (Lipinski definition) is 0. The second-order valence-electron chi connectivity index (χ2n) is 6.43. The molecule has 0 unspecified atom stereocenters. The van der Waals surface area contributed by atoms with Crippen molar-refractivity contribution in [1.82, 2.24) is 4.90 Å². The molecule has 0 bridgehead atoms. The Kier molecular flexibility index (Phi) is 8.10. The molecule has 29 heavy (non-hydrogen) atoms. The third-order valence-electron chi connectivity index (χ3n) is 4.51. The summed E-state index contributed by atoms with van der Waals surface area (Å²) in [4.78, 5) is 25.7. The summed E-state index contributed by atoms with van der Waals surface area (Å²) in [5, 5.41) is 0. The molecule has 0 saturated carbocycles. The first-order chi connectivity index (χ1) is 14.2. The SMILES string of the molecule is COc1ccc(CSCCOCCOCCN2C(=O)c3ccccc3C2=O)cc1. The zero-order valence-corrected chi connectivity index (χ0v) is 17.3. The summed E-state index contributed by atoms with van der Waals surface area (Å²) < 4.78 is 16.2. The lowest BCUT2D eigenvalue weighted by Gasteiger charge is -2.13. The van der Waals surface area contributed by atoms with Gasteiger partial charge in [0.25, 0.3) is 11.8 Å². The van der Waals surface area contributed by atoms with Crippen molar-refractivity contribution in [1.29, 1.82) is 0 Å². The van der Waals surface area contributed by atoms with Crippen LogP contribution in [0.1, 0.15) is 26.3 Å². The Balaban J connectivity index is 1.20. The Morgan fingerprint density at radius 2 is 1.45 bits per heavy atom. The van der Waals surface area contributed by atoms with Gasteiger partial charge in [0.1, 0.15) is 5.75 Å². The molecule has 0 N–H and O–H groups in total. The van der Waals surface area contributed by atoms with Crippen molar-refractivity contribution in [2.75, 3.05) is 45.8 Å². The van der Waals surface area contributed by atoms with E-state index in [4.69, 9.17) is 14.2 Å². The van der Waals surface area contributed by atoms with E-state index >= 15 is 0 Å². The van der Waals surface area contributed by atoms with Gasteiger partial charge in [0, 0.05) is 11.5 Å². The van der Waals surface area contributed by atoms with E-state index < -0.39 is 0 Å². The summed E-state index contributed by atoms with van der Waals surface area (Å²) in [7, 11) is 1.66. The number of fused-ring (bicyclic) bond motifs is 1. The number of nitrogens with zero attached hydrogens (tertiary/aromatic N) is 1. The molecule has 154 valence electrons. The molecule has 7 heteroatoms. The summed E-state index contributed by atoms with van der Waals surface area (Å²) in [6.07, 6.45) is 0. The van der Waals surface area contributed by atoms with Crippen molar-refractivity contribution < 1.29 is 23.8 Å². The van der Waals surface area contributed by atoms with Crippen molar-refractivity contribution in [3.63, 3.8) is 0 Å². The largest absolute Gasteiger partial charge is 0.497 e. The number of benzene rings is 2.